The van der Waals surface area contributed by atoms with Gasteiger partial charge in [-0.25, -0.2) is 0 Å². The summed E-state index contributed by atoms with van der Waals surface area (Å²) >= 11 is 0. The van der Waals surface area contributed by atoms with Crippen molar-refractivity contribution >= 4 is 17.3 Å². The van der Waals surface area contributed by atoms with Crippen molar-refractivity contribution in [3.63, 3.8) is 0 Å². The first kappa shape index (κ1) is 13.1. The fourth-order valence-electron chi connectivity index (χ4n) is 2.03. The number of anilines is 2. The standard InChI is InChI=1S/C14H18N4O/c1-4-18-13(9-10(2)16-18)14(19)17(3)12-8-6-5-7-11(12)15/h5-9H,4,15H2,1-3H3. The number of carbonyl (C=O) groups is 1. The van der Waals surface area contributed by atoms with Gasteiger partial charge in [-0.3, -0.25) is 9.48 Å². The number of hydrogen-bond donors (Lipinski definition) is 1. The van der Waals surface area contributed by atoms with E-state index in [0.29, 0.717) is 23.6 Å². The highest BCUT2D eigenvalue weighted by molar-refractivity contribution is 6.06. The molecule has 100 valence electrons. The molecular formula is C14H18N4O. The lowest BCUT2D eigenvalue weighted by Crippen LogP contribution is -2.29. The van der Waals surface area contributed by atoms with Crippen LogP contribution in [0.25, 0.3) is 0 Å². The molecule has 1 aromatic carbocycles. The molecule has 1 aromatic heterocycles. The topological polar surface area (TPSA) is 64.2 Å². The van der Waals surface area contributed by atoms with Gasteiger partial charge in [-0.1, -0.05) is 12.1 Å². The number of aromatic nitrogens is 2. The zero-order valence-corrected chi connectivity index (χ0v) is 11.4. The smallest absolute Gasteiger partial charge is 0.276 e. The third kappa shape index (κ3) is 2.45. The molecule has 0 radical (unpaired) electrons. The van der Waals surface area contributed by atoms with E-state index in [4.69, 9.17) is 5.73 Å². The first-order valence-corrected chi connectivity index (χ1v) is 6.21. The molecule has 1 heterocycles. The average molecular weight is 258 g/mol. The number of para-hydroxylation sites is 2. The second-order valence-corrected chi connectivity index (χ2v) is 4.41. The maximum absolute atomic E-state index is 12.5. The van der Waals surface area contributed by atoms with Gasteiger partial charge in [-0.15, -0.1) is 0 Å². The summed E-state index contributed by atoms with van der Waals surface area (Å²) in [5, 5.41) is 4.29. The van der Waals surface area contributed by atoms with Crippen LogP contribution in [0.5, 0.6) is 0 Å². The number of hydrogen-bond acceptors (Lipinski definition) is 3. The van der Waals surface area contributed by atoms with Crippen molar-refractivity contribution in [2.75, 3.05) is 17.7 Å². The van der Waals surface area contributed by atoms with E-state index in [0.717, 1.165) is 5.69 Å². The molecule has 2 rings (SSSR count). The zero-order chi connectivity index (χ0) is 14.0. The Hall–Kier alpha value is -2.30. The van der Waals surface area contributed by atoms with E-state index in [9.17, 15) is 4.79 Å². The molecular weight excluding hydrogens is 240 g/mol. The van der Waals surface area contributed by atoms with E-state index in [1.807, 2.05) is 32.0 Å². The van der Waals surface area contributed by atoms with E-state index in [1.54, 1.807) is 28.8 Å². The van der Waals surface area contributed by atoms with Crippen molar-refractivity contribution in [1.82, 2.24) is 9.78 Å². The minimum absolute atomic E-state index is 0.111. The van der Waals surface area contributed by atoms with E-state index >= 15 is 0 Å². The zero-order valence-electron chi connectivity index (χ0n) is 11.4. The molecule has 0 saturated heterocycles. The normalized spacial score (nSPS) is 10.5. The van der Waals surface area contributed by atoms with Crippen molar-refractivity contribution in [3.8, 4) is 0 Å². The van der Waals surface area contributed by atoms with Gasteiger partial charge in [0.1, 0.15) is 5.69 Å². The van der Waals surface area contributed by atoms with Crippen molar-refractivity contribution in [2.24, 2.45) is 0 Å². The second kappa shape index (κ2) is 5.14. The molecule has 2 N–H and O–H groups in total. The van der Waals surface area contributed by atoms with Gasteiger partial charge in [0.05, 0.1) is 17.1 Å². The number of carbonyl (C=O) groups excluding carboxylic acids is 1. The van der Waals surface area contributed by atoms with Crippen LogP contribution < -0.4 is 10.6 Å². The molecule has 2 aromatic rings. The molecule has 5 heteroatoms. The summed E-state index contributed by atoms with van der Waals surface area (Å²) in [7, 11) is 1.72. The molecule has 0 aliphatic heterocycles. The summed E-state index contributed by atoms with van der Waals surface area (Å²) in [5.74, 6) is -0.111. The third-order valence-corrected chi connectivity index (χ3v) is 3.02. The largest absolute Gasteiger partial charge is 0.397 e. The molecule has 0 saturated carbocycles. The molecule has 0 aliphatic rings. The number of nitrogen functional groups attached to an aromatic ring is 1. The highest BCUT2D eigenvalue weighted by Crippen LogP contribution is 2.22. The lowest BCUT2D eigenvalue weighted by Gasteiger charge is -2.19. The van der Waals surface area contributed by atoms with Gasteiger partial charge < -0.3 is 10.6 Å². The van der Waals surface area contributed by atoms with Gasteiger partial charge in [0.2, 0.25) is 0 Å². The van der Waals surface area contributed by atoms with E-state index in [-0.39, 0.29) is 5.91 Å². The van der Waals surface area contributed by atoms with E-state index in [1.165, 1.54) is 0 Å². The molecule has 1 amide bonds. The van der Waals surface area contributed by atoms with Gasteiger partial charge in [-0.05, 0) is 32.0 Å². The van der Waals surface area contributed by atoms with Gasteiger partial charge in [0.25, 0.3) is 5.91 Å². The first-order valence-electron chi connectivity index (χ1n) is 6.21. The molecule has 0 spiro atoms. The van der Waals surface area contributed by atoms with Crippen LogP contribution in [0.3, 0.4) is 0 Å². The second-order valence-electron chi connectivity index (χ2n) is 4.41. The summed E-state index contributed by atoms with van der Waals surface area (Å²) in [6.45, 7) is 4.49. The lowest BCUT2D eigenvalue weighted by molar-refractivity contribution is 0.0983. The maximum Gasteiger partial charge on any atom is 0.276 e. The number of nitrogens with two attached hydrogens (primary N) is 1. The van der Waals surface area contributed by atoms with Gasteiger partial charge >= 0.3 is 0 Å². The molecule has 0 aliphatic carbocycles. The Labute approximate surface area is 112 Å². The third-order valence-electron chi connectivity index (χ3n) is 3.02. The lowest BCUT2D eigenvalue weighted by atomic mass is 10.2. The molecule has 0 atom stereocenters. The molecule has 0 bridgehead atoms. The summed E-state index contributed by atoms with van der Waals surface area (Å²) in [5.41, 5.74) is 8.59. The van der Waals surface area contributed by atoms with Crippen molar-refractivity contribution < 1.29 is 4.79 Å². The van der Waals surface area contributed by atoms with E-state index in [2.05, 4.69) is 5.10 Å². The number of benzene rings is 1. The Kier molecular flexibility index (Phi) is 3.55. The summed E-state index contributed by atoms with van der Waals surface area (Å²) in [4.78, 5) is 14.1. The highest BCUT2D eigenvalue weighted by Gasteiger charge is 2.19. The van der Waals surface area contributed by atoms with Crippen LogP contribution in [0.1, 0.15) is 23.1 Å². The van der Waals surface area contributed by atoms with Crippen LogP contribution in [-0.4, -0.2) is 22.7 Å². The highest BCUT2D eigenvalue weighted by atomic mass is 16.2. The van der Waals surface area contributed by atoms with Crippen LogP contribution in [0.15, 0.2) is 30.3 Å². The van der Waals surface area contributed by atoms with Gasteiger partial charge in [0.15, 0.2) is 0 Å². The first-order chi connectivity index (χ1) is 9.04. The summed E-state index contributed by atoms with van der Waals surface area (Å²) in [6.07, 6.45) is 0. The SMILES string of the molecule is CCn1nc(C)cc1C(=O)N(C)c1ccccc1N. The number of nitrogens with zero attached hydrogens (tertiary/aromatic N) is 3. The molecule has 5 nitrogen and oxygen atoms in total. The predicted octanol–water partition coefficient (Wildman–Crippen LogP) is 2.07. The number of aryl methyl sites for hydroxylation is 2. The fourth-order valence-corrected chi connectivity index (χ4v) is 2.03. The quantitative estimate of drug-likeness (QED) is 0.857. The Bertz CT molecular complexity index is 603. The number of rotatable bonds is 3. The maximum atomic E-state index is 12.5. The van der Waals surface area contributed by atoms with Crippen LogP contribution >= 0.6 is 0 Å². The number of amides is 1. The van der Waals surface area contributed by atoms with Gasteiger partial charge in [0, 0.05) is 13.6 Å². The Morgan fingerprint density at radius 3 is 2.74 bits per heavy atom. The Morgan fingerprint density at radius 1 is 1.42 bits per heavy atom. The monoisotopic (exact) mass is 258 g/mol. The van der Waals surface area contributed by atoms with Crippen molar-refractivity contribution in [3.05, 3.63) is 41.7 Å². The van der Waals surface area contributed by atoms with Crippen LogP contribution in [0, 0.1) is 6.92 Å². The minimum Gasteiger partial charge on any atom is -0.397 e. The summed E-state index contributed by atoms with van der Waals surface area (Å²) < 4.78 is 1.70. The molecule has 0 fully saturated rings. The fraction of sp³-hybridized carbons (Fsp3) is 0.286. The predicted molar refractivity (Wildman–Crippen MR) is 76.2 cm³/mol. The van der Waals surface area contributed by atoms with Crippen LogP contribution in [0.2, 0.25) is 0 Å². The molecule has 0 unspecified atom stereocenters. The minimum atomic E-state index is -0.111. The van der Waals surface area contributed by atoms with Crippen LogP contribution in [-0.2, 0) is 6.54 Å². The van der Waals surface area contributed by atoms with Gasteiger partial charge in [-0.2, -0.15) is 5.10 Å². The molecule has 19 heavy (non-hydrogen) atoms. The summed E-state index contributed by atoms with van der Waals surface area (Å²) in [6, 6.07) is 9.10. The van der Waals surface area contributed by atoms with Crippen molar-refractivity contribution in [1.29, 1.82) is 0 Å². The van der Waals surface area contributed by atoms with E-state index < -0.39 is 0 Å². The average Bonchev–Trinajstić information content (AvgIpc) is 2.79. The Morgan fingerprint density at radius 2 is 2.11 bits per heavy atom. The Balaban J connectivity index is 2.36. The van der Waals surface area contributed by atoms with Crippen LogP contribution in [0.4, 0.5) is 11.4 Å². The van der Waals surface area contributed by atoms with Crippen molar-refractivity contribution in [2.45, 2.75) is 20.4 Å².